The number of carbonyl (C=O) groups excluding carboxylic acids is 1. The first-order chi connectivity index (χ1) is 10.1. The van der Waals surface area contributed by atoms with Gasteiger partial charge in [-0.1, -0.05) is 0 Å². The molecule has 1 heterocycles. The van der Waals surface area contributed by atoms with Crippen molar-refractivity contribution in [1.82, 2.24) is 15.6 Å². The summed E-state index contributed by atoms with van der Waals surface area (Å²) < 4.78 is 10.0. The van der Waals surface area contributed by atoms with E-state index in [9.17, 15) is 9.59 Å². The molecule has 1 unspecified atom stereocenters. The Bertz CT molecular complexity index is 481. The minimum atomic E-state index is -1.04. The maximum atomic E-state index is 11.6. The summed E-state index contributed by atoms with van der Waals surface area (Å²) in [6.07, 6.45) is 1.16. The van der Waals surface area contributed by atoms with E-state index in [2.05, 4.69) is 15.6 Å². The van der Waals surface area contributed by atoms with Crippen molar-refractivity contribution < 1.29 is 24.2 Å². The maximum absolute atomic E-state index is 11.6. The Balaban J connectivity index is 2.39. The van der Waals surface area contributed by atoms with Gasteiger partial charge in [0.2, 0.25) is 0 Å². The second kappa shape index (κ2) is 8.88. The number of rotatable bonds is 8. The van der Waals surface area contributed by atoms with E-state index in [4.69, 9.17) is 14.6 Å². The predicted molar refractivity (Wildman–Crippen MR) is 74.1 cm³/mol. The lowest BCUT2D eigenvalue weighted by atomic mass is 10.2. The molecule has 8 heteroatoms. The number of carboxylic acids is 1. The van der Waals surface area contributed by atoms with Gasteiger partial charge in [0, 0.05) is 27.0 Å². The summed E-state index contributed by atoms with van der Waals surface area (Å²) in [6.45, 7) is 0.812. The van der Waals surface area contributed by atoms with Gasteiger partial charge in [-0.05, 0) is 12.1 Å². The lowest BCUT2D eigenvalue weighted by Crippen LogP contribution is -2.41. The highest BCUT2D eigenvalue weighted by Crippen LogP contribution is 2.01. The summed E-state index contributed by atoms with van der Waals surface area (Å²) in [5, 5.41) is 14.1. The average Bonchev–Trinajstić information content (AvgIpc) is 2.49. The molecule has 3 N–H and O–H groups in total. The molecule has 0 bridgehead atoms. The molecule has 0 fully saturated rings. The second-order valence-corrected chi connectivity index (χ2v) is 4.22. The highest BCUT2D eigenvalue weighted by atomic mass is 16.5. The number of aromatic carboxylic acids is 1. The van der Waals surface area contributed by atoms with Gasteiger partial charge < -0.3 is 25.2 Å². The number of aromatic nitrogens is 1. The summed E-state index contributed by atoms with van der Waals surface area (Å²) in [5.74, 6) is -1.04. The molecule has 21 heavy (non-hydrogen) atoms. The van der Waals surface area contributed by atoms with Gasteiger partial charge in [-0.3, -0.25) is 4.98 Å². The Hall–Kier alpha value is -2.19. The molecule has 8 nitrogen and oxygen atoms in total. The molecule has 0 saturated carbocycles. The van der Waals surface area contributed by atoms with E-state index in [-0.39, 0.29) is 18.2 Å². The summed E-state index contributed by atoms with van der Waals surface area (Å²) in [6, 6.07) is 2.40. The van der Waals surface area contributed by atoms with Crippen molar-refractivity contribution in [2.24, 2.45) is 0 Å². The predicted octanol–water partition coefficient (Wildman–Crippen LogP) is 0.240. The Morgan fingerprint density at radius 2 is 2.14 bits per heavy atom. The molecule has 0 aromatic carbocycles. The monoisotopic (exact) mass is 297 g/mol. The number of amides is 2. The topological polar surface area (TPSA) is 110 Å². The molecular weight excluding hydrogens is 278 g/mol. The Labute approximate surface area is 122 Å². The van der Waals surface area contributed by atoms with Gasteiger partial charge in [0.05, 0.1) is 30.5 Å². The molecule has 0 aliphatic carbocycles. The van der Waals surface area contributed by atoms with Crippen molar-refractivity contribution in [2.75, 3.05) is 27.4 Å². The van der Waals surface area contributed by atoms with E-state index < -0.39 is 12.0 Å². The summed E-state index contributed by atoms with van der Waals surface area (Å²) >= 11 is 0. The molecule has 1 aromatic rings. The molecular formula is C13H19N3O5. The van der Waals surface area contributed by atoms with Crippen LogP contribution in [-0.4, -0.2) is 55.6 Å². The normalized spacial score (nSPS) is 11.7. The van der Waals surface area contributed by atoms with Gasteiger partial charge >= 0.3 is 12.0 Å². The fourth-order valence-corrected chi connectivity index (χ4v) is 1.54. The van der Waals surface area contributed by atoms with Crippen LogP contribution < -0.4 is 10.6 Å². The number of carboxylic acid groups (broad SMARTS) is 1. The van der Waals surface area contributed by atoms with E-state index in [1.807, 2.05) is 0 Å². The minimum absolute atomic E-state index is 0.127. The van der Waals surface area contributed by atoms with E-state index in [0.29, 0.717) is 18.8 Å². The van der Waals surface area contributed by atoms with Crippen molar-refractivity contribution in [3.05, 3.63) is 29.6 Å². The van der Waals surface area contributed by atoms with Crippen molar-refractivity contribution >= 4 is 12.0 Å². The zero-order valence-corrected chi connectivity index (χ0v) is 12.0. The molecule has 0 spiro atoms. The third-order valence-corrected chi connectivity index (χ3v) is 2.67. The Morgan fingerprint density at radius 1 is 1.38 bits per heavy atom. The number of carbonyl (C=O) groups is 2. The van der Waals surface area contributed by atoms with Gasteiger partial charge in [-0.2, -0.15) is 0 Å². The largest absolute Gasteiger partial charge is 0.478 e. The van der Waals surface area contributed by atoms with E-state index in [1.54, 1.807) is 7.11 Å². The van der Waals surface area contributed by atoms with Crippen LogP contribution in [0.2, 0.25) is 0 Å². The van der Waals surface area contributed by atoms with Crippen LogP contribution in [0.4, 0.5) is 4.79 Å². The van der Waals surface area contributed by atoms with E-state index in [1.165, 1.54) is 25.4 Å². The van der Waals surface area contributed by atoms with E-state index >= 15 is 0 Å². The Morgan fingerprint density at radius 3 is 2.76 bits per heavy atom. The molecule has 1 rings (SSSR count). The average molecular weight is 297 g/mol. The number of ether oxygens (including phenoxy) is 2. The molecule has 116 valence electrons. The maximum Gasteiger partial charge on any atom is 0.335 e. The van der Waals surface area contributed by atoms with Crippen LogP contribution >= 0.6 is 0 Å². The van der Waals surface area contributed by atoms with Gasteiger partial charge in [0.25, 0.3) is 0 Å². The zero-order chi connectivity index (χ0) is 15.7. The third-order valence-electron chi connectivity index (χ3n) is 2.67. The second-order valence-electron chi connectivity index (χ2n) is 4.22. The van der Waals surface area contributed by atoms with Crippen molar-refractivity contribution in [3.63, 3.8) is 0 Å². The van der Waals surface area contributed by atoms with Crippen LogP contribution in [0.1, 0.15) is 16.1 Å². The summed E-state index contributed by atoms with van der Waals surface area (Å²) in [4.78, 5) is 26.4. The lowest BCUT2D eigenvalue weighted by Gasteiger charge is -2.15. The number of nitrogens with one attached hydrogen (secondary N) is 2. The van der Waals surface area contributed by atoms with Crippen LogP contribution in [0.15, 0.2) is 18.3 Å². The summed E-state index contributed by atoms with van der Waals surface area (Å²) in [7, 11) is 3.08. The first-order valence-electron chi connectivity index (χ1n) is 6.28. The smallest absolute Gasteiger partial charge is 0.335 e. The number of nitrogens with zero attached hydrogens (tertiary/aromatic N) is 1. The lowest BCUT2D eigenvalue weighted by molar-refractivity contribution is 0.0304. The molecule has 1 atom stereocenters. The van der Waals surface area contributed by atoms with Crippen LogP contribution in [0.3, 0.4) is 0 Å². The number of methoxy groups -OCH3 is 2. The first kappa shape index (κ1) is 16.9. The summed E-state index contributed by atoms with van der Waals surface area (Å²) in [5.41, 5.74) is 0.590. The molecule has 0 saturated heterocycles. The number of pyridine rings is 1. The first-order valence-corrected chi connectivity index (χ1v) is 6.28. The van der Waals surface area contributed by atoms with Crippen molar-refractivity contribution in [2.45, 2.75) is 12.6 Å². The van der Waals surface area contributed by atoms with Crippen LogP contribution in [0.25, 0.3) is 0 Å². The van der Waals surface area contributed by atoms with Crippen LogP contribution in [0, 0.1) is 0 Å². The van der Waals surface area contributed by atoms with Gasteiger partial charge in [-0.15, -0.1) is 0 Å². The number of hydrogen-bond acceptors (Lipinski definition) is 5. The highest BCUT2D eigenvalue weighted by molar-refractivity contribution is 5.87. The highest BCUT2D eigenvalue weighted by Gasteiger charge is 2.09. The molecule has 2 amide bonds. The molecule has 0 aliphatic rings. The molecule has 1 aromatic heterocycles. The van der Waals surface area contributed by atoms with Gasteiger partial charge in [0.15, 0.2) is 0 Å². The SMILES string of the molecule is COCC(CNC(=O)NCc1cc(C(=O)O)ccn1)OC. The third kappa shape index (κ3) is 6.19. The van der Waals surface area contributed by atoms with Crippen LogP contribution in [-0.2, 0) is 16.0 Å². The molecule has 0 aliphatic heterocycles. The van der Waals surface area contributed by atoms with Gasteiger partial charge in [-0.25, -0.2) is 9.59 Å². The van der Waals surface area contributed by atoms with Crippen molar-refractivity contribution in [1.29, 1.82) is 0 Å². The number of urea groups is 1. The van der Waals surface area contributed by atoms with Crippen molar-refractivity contribution in [3.8, 4) is 0 Å². The Kier molecular flexibility index (Phi) is 7.13. The fourth-order valence-electron chi connectivity index (χ4n) is 1.54. The quantitative estimate of drug-likeness (QED) is 0.634. The van der Waals surface area contributed by atoms with Gasteiger partial charge in [0.1, 0.15) is 0 Å². The standard InChI is InChI=1S/C13H19N3O5/c1-20-8-11(21-2)7-16-13(19)15-6-10-5-9(12(17)18)3-4-14-10/h3-5,11H,6-8H2,1-2H3,(H,17,18)(H2,15,16,19). The van der Waals surface area contributed by atoms with Crippen LogP contribution in [0.5, 0.6) is 0 Å². The van der Waals surface area contributed by atoms with E-state index in [0.717, 1.165) is 0 Å². The zero-order valence-electron chi connectivity index (χ0n) is 12.0. The number of hydrogen-bond donors (Lipinski definition) is 3. The molecule has 0 radical (unpaired) electrons. The fraction of sp³-hybridized carbons (Fsp3) is 0.462. The minimum Gasteiger partial charge on any atom is -0.478 e.